The molecule has 184 valence electrons. The third-order valence-electron chi connectivity index (χ3n) is 5.09. The third kappa shape index (κ3) is 5.65. The van der Waals surface area contributed by atoms with Crippen LogP contribution in [0.2, 0.25) is 0 Å². The Morgan fingerprint density at radius 3 is 2.06 bits per heavy atom. The molecule has 0 aromatic heterocycles. The highest BCUT2D eigenvalue weighted by molar-refractivity contribution is 6.21. The van der Waals surface area contributed by atoms with Gasteiger partial charge in [-0.25, -0.2) is 14.5 Å². The molecule has 0 fully saturated rings. The molecule has 35 heavy (non-hydrogen) atoms. The topological polar surface area (TPSA) is 82.1 Å². The number of rotatable bonds is 2. The van der Waals surface area contributed by atoms with Gasteiger partial charge in [-0.3, -0.25) is 4.79 Å². The van der Waals surface area contributed by atoms with Crippen molar-refractivity contribution in [1.82, 2.24) is 0 Å². The maximum atomic E-state index is 14.0. The molecule has 0 saturated heterocycles. The van der Waals surface area contributed by atoms with E-state index in [1.54, 1.807) is 72.7 Å². The second-order valence-electron chi connectivity index (χ2n) is 10.3. The lowest BCUT2D eigenvalue weighted by atomic mass is 9.83. The van der Waals surface area contributed by atoms with Crippen LogP contribution in [0.25, 0.3) is 0 Å². The van der Waals surface area contributed by atoms with Crippen LogP contribution in [0, 0.1) is 17.8 Å². The van der Waals surface area contributed by atoms with E-state index in [9.17, 15) is 14.4 Å². The zero-order valence-corrected chi connectivity index (χ0v) is 21.2. The van der Waals surface area contributed by atoms with Crippen molar-refractivity contribution in [3.8, 4) is 11.8 Å². The van der Waals surface area contributed by atoms with Crippen LogP contribution in [0.15, 0.2) is 54.6 Å². The van der Waals surface area contributed by atoms with Gasteiger partial charge in [0.1, 0.15) is 11.2 Å². The van der Waals surface area contributed by atoms with Crippen molar-refractivity contribution >= 4 is 23.8 Å². The highest BCUT2D eigenvalue weighted by atomic mass is 16.7. The van der Waals surface area contributed by atoms with Gasteiger partial charge >= 0.3 is 12.2 Å². The Balaban J connectivity index is 2.15. The predicted octanol–water partition coefficient (Wildman–Crippen LogP) is 5.80. The van der Waals surface area contributed by atoms with Gasteiger partial charge in [-0.15, -0.1) is 0 Å². The summed E-state index contributed by atoms with van der Waals surface area (Å²) in [5.74, 6) is 4.47. The highest BCUT2D eigenvalue weighted by Crippen LogP contribution is 2.48. The zero-order valence-electron chi connectivity index (χ0n) is 21.2. The molecule has 7 nitrogen and oxygen atoms in total. The van der Waals surface area contributed by atoms with E-state index in [1.165, 1.54) is 0 Å². The Hall–Kier alpha value is -3.79. The number of hydrogen-bond donors (Lipinski definition) is 0. The summed E-state index contributed by atoms with van der Waals surface area (Å²) in [5.41, 5.74) is -2.29. The Morgan fingerprint density at radius 2 is 1.46 bits per heavy atom. The van der Waals surface area contributed by atoms with Crippen LogP contribution in [-0.4, -0.2) is 29.4 Å². The van der Waals surface area contributed by atoms with Crippen molar-refractivity contribution in [2.75, 3.05) is 4.90 Å². The maximum absolute atomic E-state index is 14.0. The van der Waals surface area contributed by atoms with Gasteiger partial charge in [-0.05, 0) is 66.7 Å². The van der Waals surface area contributed by atoms with E-state index < -0.39 is 40.9 Å². The number of hydrogen-bond acceptors (Lipinski definition) is 6. The lowest BCUT2D eigenvalue weighted by Crippen LogP contribution is -2.50. The normalized spacial score (nSPS) is 18.1. The van der Waals surface area contributed by atoms with Gasteiger partial charge in [0.05, 0.1) is 11.6 Å². The number of amides is 2. The molecule has 0 saturated carbocycles. The first-order valence-corrected chi connectivity index (χ1v) is 11.4. The standard InChI is InChI=1S/C28H31NO6/c1-19(17-18-20-13-9-8-10-14-20)28(35-25(32)34-27(5,6)7)21-15-11-12-16-22(21)29(23(28)30)24(31)33-26(2,3)4/h8-16,19H,1-7H3/t19-,28-/m1/s1. The van der Waals surface area contributed by atoms with E-state index in [1.807, 2.05) is 30.3 Å². The molecule has 7 heteroatoms. The Labute approximate surface area is 206 Å². The molecule has 0 N–H and O–H groups in total. The molecule has 0 spiro atoms. The van der Waals surface area contributed by atoms with Crippen molar-refractivity contribution in [2.45, 2.75) is 65.3 Å². The summed E-state index contributed by atoms with van der Waals surface area (Å²) in [4.78, 5) is 40.9. The summed E-state index contributed by atoms with van der Waals surface area (Å²) in [6, 6.07) is 15.9. The molecule has 2 aromatic rings. The first-order valence-electron chi connectivity index (χ1n) is 11.4. The van der Waals surface area contributed by atoms with E-state index in [0.717, 1.165) is 10.5 Å². The molecular weight excluding hydrogens is 446 g/mol. The van der Waals surface area contributed by atoms with E-state index >= 15 is 0 Å². The second-order valence-corrected chi connectivity index (χ2v) is 10.3. The van der Waals surface area contributed by atoms with Gasteiger partial charge in [-0.2, -0.15) is 0 Å². The highest BCUT2D eigenvalue weighted by Gasteiger charge is 2.60. The van der Waals surface area contributed by atoms with E-state index in [4.69, 9.17) is 14.2 Å². The van der Waals surface area contributed by atoms with Crippen molar-refractivity contribution in [1.29, 1.82) is 0 Å². The molecule has 1 heterocycles. The molecular formula is C28H31NO6. The number of fused-ring (bicyclic) bond motifs is 1. The smallest absolute Gasteiger partial charge is 0.443 e. The van der Waals surface area contributed by atoms with Crippen molar-refractivity contribution < 1.29 is 28.6 Å². The monoisotopic (exact) mass is 477 g/mol. The predicted molar refractivity (Wildman–Crippen MR) is 132 cm³/mol. The lowest BCUT2D eigenvalue weighted by Gasteiger charge is -2.32. The van der Waals surface area contributed by atoms with Gasteiger partial charge in [0, 0.05) is 11.1 Å². The summed E-state index contributed by atoms with van der Waals surface area (Å²) in [7, 11) is 0. The third-order valence-corrected chi connectivity index (χ3v) is 5.09. The fourth-order valence-electron chi connectivity index (χ4n) is 3.68. The van der Waals surface area contributed by atoms with Gasteiger partial charge in [0.15, 0.2) is 0 Å². The number of imide groups is 1. The zero-order chi connectivity index (χ0) is 26.0. The number of carbonyl (C=O) groups is 3. The van der Waals surface area contributed by atoms with Crippen LogP contribution in [0.1, 0.15) is 59.6 Å². The van der Waals surface area contributed by atoms with Crippen LogP contribution < -0.4 is 4.90 Å². The van der Waals surface area contributed by atoms with E-state index in [-0.39, 0.29) is 5.69 Å². The van der Waals surface area contributed by atoms with Crippen LogP contribution in [0.3, 0.4) is 0 Å². The Bertz CT molecular complexity index is 1180. The quantitative estimate of drug-likeness (QED) is 0.401. The van der Waals surface area contributed by atoms with Crippen molar-refractivity contribution in [3.05, 3.63) is 65.7 Å². The summed E-state index contributed by atoms with van der Waals surface area (Å²) in [6.45, 7) is 11.9. The summed E-state index contributed by atoms with van der Waals surface area (Å²) in [6.07, 6.45) is -1.91. The van der Waals surface area contributed by atoms with Crippen molar-refractivity contribution in [3.63, 3.8) is 0 Å². The Kier molecular flexibility index (Phi) is 6.98. The maximum Gasteiger partial charge on any atom is 0.510 e. The summed E-state index contributed by atoms with van der Waals surface area (Å²) >= 11 is 0. The molecule has 2 aromatic carbocycles. The minimum absolute atomic E-state index is 0.267. The molecule has 0 bridgehead atoms. The molecule has 0 radical (unpaired) electrons. The number of nitrogens with zero attached hydrogens (tertiary/aromatic N) is 1. The van der Waals surface area contributed by atoms with Crippen molar-refractivity contribution in [2.24, 2.45) is 5.92 Å². The molecule has 0 unspecified atom stereocenters. The first-order chi connectivity index (χ1) is 16.2. The minimum Gasteiger partial charge on any atom is -0.443 e. The fourth-order valence-corrected chi connectivity index (χ4v) is 3.68. The number of ether oxygens (including phenoxy) is 3. The van der Waals surface area contributed by atoms with Crippen LogP contribution >= 0.6 is 0 Å². The number of para-hydroxylation sites is 1. The lowest BCUT2D eigenvalue weighted by molar-refractivity contribution is -0.145. The summed E-state index contributed by atoms with van der Waals surface area (Å²) in [5, 5.41) is 0. The van der Waals surface area contributed by atoms with Crippen LogP contribution in [-0.2, 0) is 24.6 Å². The summed E-state index contributed by atoms with van der Waals surface area (Å²) < 4.78 is 16.7. The first kappa shape index (κ1) is 25.8. The molecule has 2 amide bonds. The van der Waals surface area contributed by atoms with Crippen LogP contribution in [0.5, 0.6) is 0 Å². The molecule has 1 aliphatic heterocycles. The van der Waals surface area contributed by atoms with Crippen LogP contribution in [0.4, 0.5) is 15.3 Å². The molecule has 3 rings (SSSR count). The van der Waals surface area contributed by atoms with Gasteiger partial charge in [0.25, 0.3) is 5.91 Å². The number of benzene rings is 2. The SMILES string of the molecule is C[C@H](C#Cc1ccccc1)[C@]1(OC(=O)OC(C)(C)C)C(=O)N(C(=O)OC(C)(C)C)c2ccccc21. The number of carbonyl (C=O) groups excluding carboxylic acids is 3. The average Bonchev–Trinajstić information content (AvgIpc) is 2.99. The second kappa shape index (κ2) is 9.46. The van der Waals surface area contributed by atoms with Gasteiger partial charge < -0.3 is 14.2 Å². The van der Waals surface area contributed by atoms with Gasteiger partial charge in [0.2, 0.25) is 5.60 Å². The fraction of sp³-hybridized carbons (Fsp3) is 0.393. The van der Waals surface area contributed by atoms with E-state index in [2.05, 4.69) is 11.8 Å². The average molecular weight is 478 g/mol. The molecule has 1 aliphatic rings. The number of anilines is 1. The van der Waals surface area contributed by atoms with E-state index in [0.29, 0.717) is 5.56 Å². The Morgan fingerprint density at radius 1 is 0.886 bits per heavy atom. The minimum atomic E-state index is -1.92. The molecule has 2 atom stereocenters. The largest absolute Gasteiger partial charge is 0.510 e. The van der Waals surface area contributed by atoms with Gasteiger partial charge in [-0.1, -0.05) is 48.2 Å². The molecule has 0 aliphatic carbocycles.